The van der Waals surface area contributed by atoms with Gasteiger partial charge in [0.05, 0.1) is 4.90 Å². The van der Waals surface area contributed by atoms with E-state index < -0.39 is 15.8 Å². The number of hydrogen-bond donors (Lipinski definition) is 1. The molecule has 1 saturated heterocycles. The van der Waals surface area contributed by atoms with Crippen molar-refractivity contribution in [3.8, 4) is 0 Å². The Balaban J connectivity index is 1.64. The SMILES string of the molecule is CC(C)CCC(=O)N1CCN(C(=O)c2cccc(S(=O)(=O)Nc3ccc(F)cc3)c2)CC1. The van der Waals surface area contributed by atoms with Crippen LogP contribution in [-0.2, 0) is 14.8 Å². The summed E-state index contributed by atoms with van der Waals surface area (Å²) in [6.45, 7) is 5.88. The zero-order chi connectivity index (χ0) is 23.3. The van der Waals surface area contributed by atoms with Gasteiger partial charge >= 0.3 is 0 Å². The number of amides is 2. The monoisotopic (exact) mass is 461 g/mol. The second kappa shape index (κ2) is 10.1. The van der Waals surface area contributed by atoms with E-state index in [2.05, 4.69) is 18.6 Å². The van der Waals surface area contributed by atoms with Crippen molar-refractivity contribution in [2.45, 2.75) is 31.6 Å². The number of nitrogens with zero attached hydrogens (tertiary/aromatic N) is 2. The molecule has 0 radical (unpaired) electrons. The van der Waals surface area contributed by atoms with Crippen LogP contribution < -0.4 is 4.72 Å². The minimum absolute atomic E-state index is 0.0600. The molecule has 1 aliphatic rings. The maximum absolute atomic E-state index is 13.1. The van der Waals surface area contributed by atoms with Gasteiger partial charge in [0.15, 0.2) is 0 Å². The molecule has 0 aromatic heterocycles. The van der Waals surface area contributed by atoms with Crippen LogP contribution in [0.4, 0.5) is 10.1 Å². The van der Waals surface area contributed by atoms with Crippen molar-refractivity contribution in [3.63, 3.8) is 0 Å². The fourth-order valence-electron chi connectivity index (χ4n) is 3.44. The lowest BCUT2D eigenvalue weighted by molar-refractivity contribution is -0.132. The van der Waals surface area contributed by atoms with Crippen molar-refractivity contribution in [2.75, 3.05) is 30.9 Å². The Bertz CT molecular complexity index is 1060. The summed E-state index contributed by atoms with van der Waals surface area (Å²) in [6, 6.07) is 10.8. The molecule has 0 bridgehead atoms. The average molecular weight is 462 g/mol. The number of anilines is 1. The molecule has 1 heterocycles. The lowest BCUT2D eigenvalue weighted by Gasteiger charge is -2.35. The van der Waals surface area contributed by atoms with E-state index in [4.69, 9.17) is 0 Å². The molecule has 0 unspecified atom stereocenters. The molecular weight excluding hydrogens is 433 g/mol. The van der Waals surface area contributed by atoms with Gasteiger partial charge in [-0.3, -0.25) is 14.3 Å². The number of hydrogen-bond acceptors (Lipinski definition) is 4. The van der Waals surface area contributed by atoms with Gasteiger partial charge in [-0.15, -0.1) is 0 Å². The molecule has 2 amide bonds. The minimum atomic E-state index is -3.94. The lowest BCUT2D eigenvalue weighted by atomic mass is 10.1. The smallest absolute Gasteiger partial charge is 0.261 e. The largest absolute Gasteiger partial charge is 0.339 e. The second-order valence-electron chi connectivity index (χ2n) is 8.25. The van der Waals surface area contributed by atoms with Gasteiger partial charge in [0.1, 0.15) is 5.82 Å². The van der Waals surface area contributed by atoms with Crippen LogP contribution in [0.25, 0.3) is 0 Å². The molecule has 2 aromatic carbocycles. The van der Waals surface area contributed by atoms with Crippen LogP contribution in [0.3, 0.4) is 0 Å². The van der Waals surface area contributed by atoms with Gasteiger partial charge in [0.25, 0.3) is 15.9 Å². The zero-order valence-corrected chi connectivity index (χ0v) is 19.1. The van der Waals surface area contributed by atoms with Crippen molar-refractivity contribution >= 4 is 27.5 Å². The predicted molar refractivity (Wildman–Crippen MR) is 120 cm³/mol. The summed E-state index contributed by atoms with van der Waals surface area (Å²) < 4.78 is 40.8. The van der Waals surface area contributed by atoms with Crippen LogP contribution in [0.15, 0.2) is 53.4 Å². The molecule has 7 nitrogen and oxygen atoms in total. The molecule has 1 N–H and O–H groups in total. The molecule has 2 aromatic rings. The highest BCUT2D eigenvalue weighted by atomic mass is 32.2. The van der Waals surface area contributed by atoms with Crippen molar-refractivity contribution < 1.29 is 22.4 Å². The van der Waals surface area contributed by atoms with Gasteiger partial charge in [-0.2, -0.15) is 0 Å². The molecule has 0 saturated carbocycles. The number of rotatable bonds is 7. The summed E-state index contributed by atoms with van der Waals surface area (Å²) in [4.78, 5) is 28.6. The van der Waals surface area contributed by atoms with E-state index in [1.807, 2.05) is 0 Å². The molecule has 172 valence electrons. The Hall–Kier alpha value is -2.94. The van der Waals surface area contributed by atoms with Gasteiger partial charge in [-0.05, 0) is 54.8 Å². The minimum Gasteiger partial charge on any atom is -0.339 e. The van der Waals surface area contributed by atoms with Crippen LogP contribution in [-0.4, -0.2) is 56.2 Å². The van der Waals surface area contributed by atoms with Gasteiger partial charge in [-0.25, -0.2) is 12.8 Å². The Morgan fingerprint density at radius 2 is 1.62 bits per heavy atom. The Morgan fingerprint density at radius 1 is 1.00 bits per heavy atom. The van der Waals surface area contributed by atoms with Gasteiger partial charge in [0, 0.05) is 43.9 Å². The number of benzene rings is 2. The summed E-state index contributed by atoms with van der Waals surface area (Å²) in [5.74, 6) is -0.186. The van der Waals surface area contributed by atoms with Gasteiger partial charge < -0.3 is 9.80 Å². The van der Waals surface area contributed by atoms with E-state index in [0.717, 1.165) is 18.6 Å². The quantitative estimate of drug-likeness (QED) is 0.685. The van der Waals surface area contributed by atoms with E-state index in [-0.39, 0.29) is 28.0 Å². The second-order valence-corrected chi connectivity index (χ2v) is 9.93. The third-order valence-corrected chi connectivity index (χ3v) is 6.72. The highest BCUT2D eigenvalue weighted by molar-refractivity contribution is 7.92. The number of carbonyl (C=O) groups excluding carboxylic acids is 2. The number of nitrogens with one attached hydrogen (secondary N) is 1. The fraction of sp³-hybridized carbons (Fsp3) is 0.391. The average Bonchev–Trinajstić information content (AvgIpc) is 2.78. The standard InChI is InChI=1S/C23H28FN3O4S/c1-17(2)6-11-22(28)26-12-14-27(15-13-26)23(29)18-4-3-5-21(16-18)32(30,31)25-20-9-7-19(24)8-10-20/h3-5,7-10,16-17,25H,6,11-15H2,1-2H3. The molecule has 1 fully saturated rings. The molecule has 0 aliphatic carbocycles. The zero-order valence-electron chi connectivity index (χ0n) is 18.3. The first kappa shape index (κ1) is 23.7. The first-order valence-electron chi connectivity index (χ1n) is 10.6. The van der Waals surface area contributed by atoms with Crippen LogP contribution >= 0.6 is 0 Å². The van der Waals surface area contributed by atoms with Crippen LogP contribution in [0.2, 0.25) is 0 Å². The van der Waals surface area contributed by atoms with Crippen molar-refractivity contribution in [3.05, 3.63) is 59.9 Å². The molecule has 0 spiro atoms. The summed E-state index contributed by atoms with van der Waals surface area (Å²) in [7, 11) is -3.94. The molecule has 3 rings (SSSR count). The molecule has 0 atom stereocenters. The number of piperazine rings is 1. The highest BCUT2D eigenvalue weighted by Gasteiger charge is 2.25. The Kier molecular flexibility index (Phi) is 7.50. The predicted octanol–water partition coefficient (Wildman–Crippen LogP) is 3.35. The van der Waals surface area contributed by atoms with E-state index in [9.17, 15) is 22.4 Å². The van der Waals surface area contributed by atoms with Gasteiger partial charge in [-0.1, -0.05) is 19.9 Å². The fourth-order valence-corrected chi connectivity index (χ4v) is 4.54. The summed E-state index contributed by atoms with van der Waals surface area (Å²) >= 11 is 0. The Labute approximate surface area is 188 Å². The van der Waals surface area contributed by atoms with Crippen molar-refractivity contribution in [2.24, 2.45) is 5.92 Å². The number of sulfonamides is 1. The normalized spacial score (nSPS) is 14.5. The van der Waals surface area contributed by atoms with Crippen LogP contribution in [0.5, 0.6) is 0 Å². The van der Waals surface area contributed by atoms with Crippen LogP contribution in [0.1, 0.15) is 37.0 Å². The van der Waals surface area contributed by atoms with Crippen molar-refractivity contribution in [1.82, 2.24) is 9.80 Å². The van der Waals surface area contributed by atoms with E-state index >= 15 is 0 Å². The summed E-state index contributed by atoms with van der Waals surface area (Å²) in [6.07, 6.45) is 1.35. The van der Waals surface area contributed by atoms with E-state index in [0.29, 0.717) is 38.5 Å². The third kappa shape index (κ3) is 6.06. The topological polar surface area (TPSA) is 86.8 Å². The van der Waals surface area contributed by atoms with Crippen molar-refractivity contribution in [1.29, 1.82) is 0 Å². The maximum Gasteiger partial charge on any atom is 0.261 e. The highest BCUT2D eigenvalue weighted by Crippen LogP contribution is 2.19. The first-order chi connectivity index (χ1) is 15.2. The van der Waals surface area contributed by atoms with E-state index in [1.54, 1.807) is 15.9 Å². The maximum atomic E-state index is 13.1. The van der Waals surface area contributed by atoms with Crippen LogP contribution in [0, 0.1) is 11.7 Å². The first-order valence-corrected chi connectivity index (χ1v) is 12.1. The molecule has 32 heavy (non-hydrogen) atoms. The van der Waals surface area contributed by atoms with E-state index in [1.165, 1.54) is 30.3 Å². The lowest BCUT2D eigenvalue weighted by Crippen LogP contribution is -2.50. The Morgan fingerprint density at radius 3 is 2.25 bits per heavy atom. The molecule has 1 aliphatic heterocycles. The third-order valence-electron chi connectivity index (χ3n) is 5.34. The number of halogens is 1. The number of carbonyl (C=O) groups is 2. The van der Waals surface area contributed by atoms with Gasteiger partial charge in [0.2, 0.25) is 5.91 Å². The summed E-state index contributed by atoms with van der Waals surface area (Å²) in [5.41, 5.74) is 0.480. The molecule has 9 heteroatoms. The summed E-state index contributed by atoms with van der Waals surface area (Å²) in [5, 5.41) is 0. The molecular formula is C23H28FN3O4S.